The third-order valence-corrected chi connectivity index (χ3v) is 4.69. The predicted octanol–water partition coefficient (Wildman–Crippen LogP) is 2.72. The van der Waals surface area contributed by atoms with Gasteiger partial charge in [-0.2, -0.15) is 0 Å². The molecule has 1 saturated carbocycles. The van der Waals surface area contributed by atoms with Gasteiger partial charge in [0.05, 0.1) is 0 Å². The molecule has 0 radical (unpaired) electrons. The molecule has 0 unspecified atom stereocenters. The van der Waals surface area contributed by atoms with E-state index in [1.54, 1.807) is 0 Å². The second-order valence-electron chi connectivity index (χ2n) is 5.46. The average Bonchev–Trinajstić information content (AvgIpc) is 3.08. The third kappa shape index (κ3) is 2.89. The number of anilines is 1. The summed E-state index contributed by atoms with van der Waals surface area (Å²) in [5.74, 6) is 2.03. The molecular formula is C15H15N3O3S. The van der Waals surface area contributed by atoms with Gasteiger partial charge in [-0.1, -0.05) is 17.4 Å². The van der Waals surface area contributed by atoms with Crippen molar-refractivity contribution in [1.82, 2.24) is 10.2 Å². The van der Waals surface area contributed by atoms with Gasteiger partial charge in [0.2, 0.25) is 17.8 Å². The summed E-state index contributed by atoms with van der Waals surface area (Å²) in [4.78, 5) is 12.0. The highest BCUT2D eigenvalue weighted by molar-refractivity contribution is 7.15. The Balaban J connectivity index is 1.31. The van der Waals surface area contributed by atoms with E-state index in [-0.39, 0.29) is 12.7 Å². The summed E-state index contributed by atoms with van der Waals surface area (Å²) < 4.78 is 10.6. The van der Waals surface area contributed by atoms with Crippen molar-refractivity contribution in [2.24, 2.45) is 0 Å². The highest BCUT2D eigenvalue weighted by Crippen LogP contribution is 2.42. The zero-order valence-corrected chi connectivity index (χ0v) is 12.7. The van der Waals surface area contributed by atoms with Gasteiger partial charge in [0, 0.05) is 12.3 Å². The van der Waals surface area contributed by atoms with Crippen molar-refractivity contribution in [1.29, 1.82) is 0 Å². The summed E-state index contributed by atoms with van der Waals surface area (Å²) in [6.45, 7) is 0.264. The molecule has 2 aromatic rings. The van der Waals surface area contributed by atoms with Crippen LogP contribution in [-0.4, -0.2) is 22.9 Å². The van der Waals surface area contributed by atoms with Gasteiger partial charge in [0.1, 0.15) is 5.01 Å². The van der Waals surface area contributed by atoms with E-state index in [0.717, 1.165) is 22.1 Å². The number of nitrogens with zero attached hydrogens (tertiary/aromatic N) is 2. The van der Waals surface area contributed by atoms with Gasteiger partial charge in [0.25, 0.3) is 0 Å². The van der Waals surface area contributed by atoms with E-state index in [4.69, 9.17) is 9.47 Å². The van der Waals surface area contributed by atoms with E-state index in [2.05, 4.69) is 15.5 Å². The maximum Gasteiger partial charge on any atom is 0.231 e. The first kappa shape index (κ1) is 13.5. The smallest absolute Gasteiger partial charge is 0.231 e. The number of carbonyl (C=O) groups excluding carboxylic acids is 1. The summed E-state index contributed by atoms with van der Waals surface area (Å²) in [5.41, 5.74) is 1.05. The second kappa shape index (κ2) is 5.57. The summed E-state index contributed by atoms with van der Waals surface area (Å²) >= 11 is 1.48. The molecule has 114 valence electrons. The number of aromatic nitrogens is 2. The van der Waals surface area contributed by atoms with Crippen molar-refractivity contribution in [3.63, 3.8) is 0 Å². The SMILES string of the molecule is O=C(CCc1ccc2c(c1)OCO2)Nc1nnc(C2CC2)s1. The Morgan fingerprint density at radius 3 is 3.00 bits per heavy atom. The summed E-state index contributed by atoms with van der Waals surface area (Å²) in [7, 11) is 0. The predicted molar refractivity (Wildman–Crippen MR) is 81.4 cm³/mol. The monoisotopic (exact) mass is 317 g/mol. The fourth-order valence-corrected chi connectivity index (χ4v) is 3.25. The minimum absolute atomic E-state index is 0.0452. The first-order valence-corrected chi connectivity index (χ1v) is 8.11. The normalized spacial score (nSPS) is 15.8. The van der Waals surface area contributed by atoms with Gasteiger partial charge < -0.3 is 14.8 Å². The summed E-state index contributed by atoms with van der Waals surface area (Å²) in [6, 6.07) is 5.75. The Bertz CT molecular complexity index is 712. The molecule has 0 bridgehead atoms. The molecule has 2 heterocycles. The van der Waals surface area contributed by atoms with Crippen molar-refractivity contribution in [2.75, 3.05) is 12.1 Å². The Morgan fingerprint density at radius 2 is 2.14 bits per heavy atom. The number of amides is 1. The Labute approximate surface area is 131 Å². The van der Waals surface area contributed by atoms with E-state index in [9.17, 15) is 4.79 Å². The minimum atomic E-state index is -0.0452. The molecule has 1 amide bonds. The molecule has 1 aromatic heterocycles. The van der Waals surface area contributed by atoms with Crippen molar-refractivity contribution in [2.45, 2.75) is 31.6 Å². The number of aryl methyl sites for hydroxylation is 1. The van der Waals surface area contributed by atoms with Gasteiger partial charge in [-0.15, -0.1) is 10.2 Å². The molecular weight excluding hydrogens is 302 g/mol. The van der Waals surface area contributed by atoms with E-state index in [1.165, 1.54) is 24.2 Å². The van der Waals surface area contributed by atoms with Crippen molar-refractivity contribution in [3.05, 3.63) is 28.8 Å². The lowest BCUT2D eigenvalue weighted by atomic mass is 10.1. The lowest BCUT2D eigenvalue weighted by Crippen LogP contribution is -2.12. The number of rotatable bonds is 5. The average molecular weight is 317 g/mol. The highest BCUT2D eigenvalue weighted by atomic mass is 32.1. The Hall–Kier alpha value is -2.15. The summed E-state index contributed by atoms with van der Waals surface area (Å²) in [6.07, 6.45) is 3.42. The van der Waals surface area contributed by atoms with Crippen LogP contribution in [-0.2, 0) is 11.2 Å². The van der Waals surface area contributed by atoms with Crippen LogP contribution >= 0.6 is 11.3 Å². The third-order valence-electron chi connectivity index (χ3n) is 3.69. The number of hydrogen-bond donors (Lipinski definition) is 1. The topological polar surface area (TPSA) is 73.3 Å². The number of ether oxygens (including phenoxy) is 2. The molecule has 1 aliphatic heterocycles. The quantitative estimate of drug-likeness (QED) is 0.918. The molecule has 0 atom stereocenters. The van der Waals surface area contributed by atoms with Crippen LogP contribution in [0.3, 0.4) is 0 Å². The first-order chi connectivity index (χ1) is 10.8. The molecule has 0 spiro atoms. The van der Waals surface area contributed by atoms with Crippen molar-refractivity contribution >= 4 is 22.4 Å². The molecule has 6 nitrogen and oxygen atoms in total. The van der Waals surface area contributed by atoms with Crippen LogP contribution in [0.4, 0.5) is 5.13 Å². The maximum absolute atomic E-state index is 12.0. The Morgan fingerprint density at radius 1 is 1.27 bits per heavy atom. The van der Waals surface area contributed by atoms with Gasteiger partial charge in [-0.05, 0) is 37.0 Å². The van der Waals surface area contributed by atoms with Gasteiger partial charge >= 0.3 is 0 Å². The maximum atomic E-state index is 12.0. The zero-order chi connectivity index (χ0) is 14.9. The van der Waals surface area contributed by atoms with Crippen LogP contribution in [0.25, 0.3) is 0 Å². The molecule has 1 aliphatic carbocycles. The lowest BCUT2D eigenvalue weighted by Gasteiger charge is -2.03. The van der Waals surface area contributed by atoms with Crippen LogP contribution < -0.4 is 14.8 Å². The first-order valence-electron chi connectivity index (χ1n) is 7.30. The molecule has 4 rings (SSSR count). The largest absolute Gasteiger partial charge is 0.454 e. The van der Waals surface area contributed by atoms with Crippen LogP contribution in [0.15, 0.2) is 18.2 Å². The molecule has 1 fully saturated rings. The van der Waals surface area contributed by atoms with Crippen molar-refractivity contribution < 1.29 is 14.3 Å². The van der Waals surface area contributed by atoms with Crippen LogP contribution in [0.1, 0.15) is 35.8 Å². The number of nitrogens with one attached hydrogen (secondary N) is 1. The number of benzene rings is 1. The molecule has 2 aliphatic rings. The van der Waals surface area contributed by atoms with Gasteiger partial charge in [-0.25, -0.2) is 0 Å². The van der Waals surface area contributed by atoms with E-state index >= 15 is 0 Å². The fourth-order valence-electron chi connectivity index (χ4n) is 2.32. The molecule has 1 N–H and O–H groups in total. The van der Waals surface area contributed by atoms with Crippen LogP contribution in [0, 0.1) is 0 Å². The fraction of sp³-hybridized carbons (Fsp3) is 0.400. The molecule has 22 heavy (non-hydrogen) atoms. The van der Waals surface area contributed by atoms with Crippen molar-refractivity contribution in [3.8, 4) is 11.5 Å². The van der Waals surface area contributed by atoms with E-state index < -0.39 is 0 Å². The van der Waals surface area contributed by atoms with E-state index in [0.29, 0.717) is 23.9 Å². The molecule has 0 saturated heterocycles. The highest BCUT2D eigenvalue weighted by Gasteiger charge is 2.27. The van der Waals surface area contributed by atoms with Crippen LogP contribution in [0.5, 0.6) is 11.5 Å². The van der Waals surface area contributed by atoms with Gasteiger partial charge in [-0.3, -0.25) is 4.79 Å². The Kier molecular flexibility index (Phi) is 3.42. The molecule has 7 heteroatoms. The second-order valence-corrected chi connectivity index (χ2v) is 6.46. The zero-order valence-electron chi connectivity index (χ0n) is 11.9. The van der Waals surface area contributed by atoms with E-state index in [1.807, 2.05) is 18.2 Å². The molecule has 1 aromatic carbocycles. The standard InChI is InChI=1S/C15H15N3O3S/c19-13(16-15-18-17-14(22-15)10-3-4-10)6-2-9-1-5-11-12(7-9)21-8-20-11/h1,5,7,10H,2-4,6,8H2,(H,16,18,19). The van der Waals surface area contributed by atoms with Gasteiger partial charge in [0.15, 0.2) is 11.5 Å². The number of carbonyl (C=O) groups is 1. The number of hydrogen-bond acceptors (Lipinski definition) is 6. The van der Waals surface area contributed by atoms with Crippen LogP contribution in [0.2, 0.25) is 0 Å². The number of fused-ring (bicyclic) bond motifs is 1. The summed E-state index contributed by atoms with van der Waals surface area (Å²) in [5, 5.41) is 12.6. The lowest BCUT2D eigenvalue weighted by molar-refractivity contribution is -0.116. The minimum Gasteiger partial charge on any atom is -0.454 e.